The van der Waals surface area contributed by atoms with Gasteiger partial charge in [0, 0.05) is 38.5 Å². The van der Waals surface area contributed by atoms with Crippen molar-refractivity contribution < 1.29 is 0 Å². The van der Waals surface area contributed by atoms with Gasteiger partial charge < -0.3 is 0 Å². The van der Waals surface area contributed by atoms with Crippen LogP contribution in [0.2, 0.25) is 0 Å². The maximum Gasteiger partial charge on any atom is 0.125 e. The number of benzene rings is 8. The average molecular weight is 959 g/mol. The average Bonchev–Trinajstić information content (AvgIpc) is 4.23. The molecule has 0 amide bonds. The maximum atomic E-state index is 5.26. The normalized spacial score (nSPS) is 15.4. The number of aromatic nitrogens is 4. The minimum atomic E-state index is -0.246. The Balaban J connectivity index is 0.904. The molecule has 0 saturated heterocycles. The van der Waals surface area contributed by atoms with Gasteiger partial charge in [-0.3, -0.25) is 0 Å². The van der Waals surface area contributed by atoms with E-state index in [-0.39, 0.29) is 16.2 Å². The van der Waals surface area contributed by atoms with Crippen LogP contribution >= 0.6 is 45.3 Å². The fourth-order valence-electron chi connectivity index (χ4n) is 11.9. The van der Waals surface area contributed by atoms with E-state index >= 15 is 0 Å². The predicted molar refractivity (Wildman–Crippen MR) is 294 cm³/mol. The highest BCUT2D eigenvalue weighted by Crippen LogP contribution is 2.61. The summed E-state index contributed by atoms with van der Waals surface area (Å²) in [5.41, 5.74) is 24.2. The van der Waals surface area contributed by atoms with Gasteiger partial charge >= 0.3 is 0 Å². The van der Waals surface area contributed by atoms with E-state index < -0.39 is 0 Å². The van der Waals surface area contributed by atoms with E-state index in [1.165, 1.54) is 85.6 Å². The standard InChI is InChI=1S/C61H42N4S4/c1-59(2)43-25-33-31-23-37(55-62-47-15-7-11-19-51(47)66-55)39(57-64-49-17-9-13-21-53(49)68-57)29-45(31)60(3,4)41(33)27-35(43)36-28-42-34(26-44(36)59)32-24-38(56-63-48-16-8-12-20-52(48)67-56)40(30-46(32)61(42,5)6)58-65-50-18-10-14-22-54(50)69-58/h7-30H,1-6H3. The van der Waals surface area contributed by atoms with Gasteiger partial charge in [-0.25, -0.2) is 19.9 Å². The summed E-state index contributed by atoms with van der Waals surface area (Å²) >= 11 is 7.08. The molecule has 0 bridgehead atoms. The Bertz CT molecular complexity index is 3850. The van der Waals surface area contributed by atoms with Crippen molar-refractivity contribution in [2.24, 2.45) is 0 Å². The Hall–Kier alpha value is -6.68. The van der Waals surface area contributed by atoms with Gasteiger partial charge in [0.1, 0.15) is 20.0 Å². The van der Waals surface area contributed by atoms with Gasteiger partial charge in [0.15, 0.2) is 0 Å². The predicted octanol–water partition coefficient (Wildman–Crippen LogP) is 17.7. The largest absolute Gasteiger partial charge is 0.236 e. The fourth-order valence-corrected chi connectivity index (χ4v) is 15.9. The van der Waals surface area contributed by atoms with Gasteiger partial charge in [0.25, 0.3) is 0 Å². The monoisotopic (exact) mass is 958 g/mol. The molecule has 0 atom stereocenters. The summed E-state index contributed by atoms with van der Waals surface area (Å²) in [7, 11) is 0. The molecule has 15 rings (SSSR count). The molecule has 3 aliphatic rings. The number of nitrogens with zero attached hydrogens (tertiary/aromatic N) is 4. The van der Waals surface area contributed by atoms with Gasteiger partial charge in [-0.15, -0.1) is 45.3 Å². The number of hydrogen-bond acceptors (Lipinski definition) is 8. The summed E-state index contributed by atoms with van der Waals surface area (Å²) in [4.78, 5) is 21.0. The van der Waals surface area contributed by atoms with Crippen LogP contribution in [0.1, 0.15) is 74.9 Å². The molecule has 8 heteroatoms. The summed E-state index contributed by atoms with van der Waals surface area (Å²) in [6.07, 6.45) is 0. The lowest BCUT2D eigenvalue weighted by atomic mass is 9.78. The van der Waals surface area contributed by atoms with Gasteiger partial charge in [-0.05, 0) is 164 Å². The van der Waals surface area contributed by atoms with Crippen molar-refractivity contribution in [2.75, 3.05) is 0 Å². The summed E-state index contributed by atoms with van der Waals surface area (Å²) in [6.45, 7) is 14.5. The van der Waals surface area contributed by atoms with Gasteiger partial charge in [0.05, 0.1) is 40.9 Å². The quantitative estimate of drug-likeness (QED) is 0.176. The molecule has 4 heterocycles. The van der Waals surface area contributed by atoms with Crippen molar-refractivity contribution in [3.63, 3.8) is 0 Å². The lowest BCUT2D eigenvalue weighted by molar-refractivity contribution is 0.649. The lowest BCUT2D eigenvalue weighted by Gasteiger charge is -2.25. The number of rotatable bonds is 4. The smallest absolute Gasteiger partial charge is 0.125 e. The first-order chi connectivity index (χ1) is 33.4. The Morgan fingerprint density at radius 2 is 0.464 bits per heavy atom. The zero-order valence-electron chi connectivity index (χ0n) is 38.8. The zero-order valence-corrected chi connectivity index (χ0v) is 42.0. The van der Waals surface area contributed by atoms with E-state index in [9.17, 15) is 0 Å². The maximum absolute atomic E-state index is 5.26. The van der Waals surface area contributed by atoms with E-state index in [1.807, 2.05) is 0 Å². The number of para-hydroxylation sites is 4. The second-order valence-electron chi connectivity index (χ2n) is 20.6. The molecule has 0 spiro atoms. The highest BCUT2D eigenvalue weighted by molar-refractivity contribution is 7.23. The third-order valence-corrected chi connectivity index (χ3v) is 19.9. The van der Waals surface area contributed by atoms with Crippen molar-refractivity contribution in [1.29, 1.82) is 0 Å². The number of hydrogen-bond donors (Lipinski definition) is 0. The third kappa shape index (κ3) is 5.54. The van der Waals surface area contributed by atoms with Crippen LogP contribution in [-0.2, 0) is 16.2 Å². The minimum Gasteiger partial charge on any atom is -0.236 e. The first-order valence-corrected chi connectivity index (χ1v) is 26.9. The van der Waals surface area contributed by atoms with E-state index in [1.54, 1.807) is 45.3 Å². The second kappa shape index (κ2) is 13.8. The van der Waals surface area contributed by atoms with Crippen LogP contribution in [0, 0.1) is 0 Å². The Labute approximate surface area is 415 Å². The molecule has 0 radical (unpaired) electrons. The molecular weight excluding hydrogens is 917 g/mol. The van der Waals surface area contributed by atoms with Crippen LogP contribution in [-0.4, -0.2) is 19.9 Å². The second-order valence-corrected chi connectivity index (χ2v) is 24.7. The van der Waals surface area contributed by atoms with Crippen molar-refractivity contribution in [2.45, 2.75) is 57.8 Å². The lowest BCUT2D eigenvalue weighted by Crippen LogP contribution is -2.17. The summed E-state index contributed by atoms with van der Waals surface area (Å²) < 4.78 is 4.78. The van der Waals surface area contributed by atoms with Crippen LogP contribution in [0.5, 0.6) is 0 Å². The SMILES string of the molecule is CC1(C)c2cc(-c3nc4ccccc4s3)c(-c3nc4ccccc4s3)cc2-c2cc3c(cc21)-c1cc2c(cc1C3(C)C)-c1cc(-c3nc4ccccc4s3)c(-c3nc4ccccc4s3)cc1C2(C)C. The Morgan fingerprint density at radius 1 is 0.261 bits per heavy atom. The molecule has 0 aliphatic heterocycles. The van der Waals surface area contributed by atoms with Crippen molar-refractivity contribution in [3.05, 3.63) is 179 Å². The van der Waals surface area contributed by atoms with Crippen molar-refractivity contribution in [1.82, 2.24) is 19.9 Å². The van der Waals surface area contributed by atoms with Crippen LogP contribution in [0.3, 0.4) is 0 Å². The van der Waals surface area contributed by atoms with Gasteiger partial charge in [0.2, 0.25) is 0 Å². The van der Waals surface area contributed by atoms with E-state index in [2.05, 4.69) is 187 Å². The molecule has 4 nitrogen and oxygen atoms in total. The summed E-state index contributed by atoms with van der Waals surface area (Å²) in [5, 5.41) is 4.14. The van der Waals surface area contributed by atoms with E-state index in [0.717, 1.165) is 64.4 Å². The van der Waals surface area contributed by atoms with Crippen LogP contribution in [0.25, 0.3) is 117 Å². The molecule has 69 heavy (non-hydrogen) atoms. The molecule has 8 aromatic carbocycles. The molecule has 3 aliphatic carbocycles. The van der Waals surface area contributed by atoms with Crippen LogP contribution < -0.4 is 0 Å². The summed E-state index contributed by atoms with van der Waals surface area (Å²) in [6, 6.07) is 54.0. The van der Waals surface area contributed by atoms with E-state index in [4.69, 9.17) is 19.9 Å². The van der Waals surface area contributed by atoms with Gasteiger partial charge in [-0.2, -0.15) is 0 Å². The first kappa shape index (κ1) is 40.2. The Morgan fingerprint density at radius 3 is 0.710 bits per heavy atom. The molecule has 0 saturated carbocycles. The first-order valence-electron chi connectivity index (χ1n) is 23.6. The summed E-state index contributed by atoms with van der Waals surface area (Å²) in [5.74, 6) is 0. The number of thiazole rings is 4. The van der Waals surface area contributed by atoms with Crippen molar-refractivity contribution in [3.8, 4) is 75.7 Å². The molecule has 12 aromatic rings. The van der Waals surface area contributed by atoms with Crippen LogP contribution in [0.15, 0.2) is 146 Å². The molecule has 0 N–H and O–H groups in total. The molecule has 4 aromatic heterocycles. The van der Waals surface area contributed by atoms with Crippen LogP contribution in [0.4, 0.5) is 0 Å². The fraction of sp³-hybridized carbons (Fsp3) is 0.148. The molecular formula is C61H42N4S4. The zero-order chi connectivity index (χ0) is 46.3. The highest BCUT2D eigenvalue weighted by Gasteiger charge is 2.45. The molecule has 0 unspecified atom stereocenters. The molecule has 0 fully saturated rings. The number of fused-ring (bicyclic) bond motifs is 13. The highest BCUT2D eigenvalue weighted by atomic mass is 32.1. The topological polar surface area (TPSA) is 51.6 Å². The third-order valence-electron chi connectivity index (χ3n) is 15.6. The minimum absolute atomic E-state index is 0.234. The van der Waals surface area contributed by atoms with E-state index in [0.29, 0.717) is 0 Å². The Kier molecular flexibility index (Phi) is 8.02. The van der Waals surface area contributed by atoms with Gasteiger partial charge in [-0.1, -0.05) is 90.1 Å². The molecule has 330 valence electrons. The van der Waals surface area contributed by atoms with Crippen molar-refractivity contribution >= 4 is 86.2 Å².